The molecule has 0 saturated heterocycles. The van der Waals surface area contributed by atoms with Crippen molar-refractivity contribution >= 4 is 23.5 Å². The van der Waals surface area contributed by atoms with Crippen LogP contribution < -0.4 is 20.9 Å². The summed E-state index contributed by atoms with van der Waals surface area (Å²) in [6.45, 7) is 13.7. The van der Waals surface area contributed by atoms with Crippen LogP contribution in [0.15, 0.2) is 48.7 Å². The molecule has 1 aliphatic rings. The maximum Gasteiger partial charge on any atom is 0.314 e. The molecule has 1 aromatic carbocycles. The third-order valence-corrected chi connectivity index (χ3v) is 6.66. The van der Waals surface area contributed by atoms with Gasteiger partial charge in [-0.15, -0.1) is 0 Å². The summed E-state index contributed by atoms with van der Waals surface area (Å²) in [6, 6.07) is 6.50. The van der Waals surface area contributed by atoms with E-state index in [2.05, 4.69) is 29.5 Å². The van der Waals surface area contributed by atoms with E-state index in [-0.39, 0.29) is 17.8 Å². The number of carbonyl (C=O) groups is 3. The highest BCUT2D eigenvalue weighted by Crippen LogP contribution is 2.24. The van der Waals surface area contributed by atoms with Crippen LogP contribution in [0.2, 0.25) is 0 Å². The average molecular weight is 679 g/mol. The number of ether oxygens (including phenoxy) is 7. The molecule has 48 heavy (non-hydrogen) atoms. The molecule has 3 N–H and O–H groups in total. The number of carbonyl (C=O) groups excluding carboxylic acids is 3. The van der Waals surface area contributed by atoms with E-state index in [0.29, 0.717) is 122 Å². The first-order valence-electron chi connectivity index (χ1n) is 16.7. The molecular weight excluding hydrogens is 624 g/mol. The van der Waals surface area contributed by atoms with Crippen molar-refractivity contribution in [3.8, 4) is 0 Å². The Balaban J connectivity index is 1.26. The Morgan fingerprint density at radius 3 is 1.48 bits per heavy atom. The summed E-state index contributed by atoms with van der Waals surface area (Å²) in [6.07, 6.45) is 6.55. The van der Waals surface area contributed by atoms with Gasteiger partial charge in [-0.05, 0) is 36.8 Å². The van der Waals surface area contributed by atoms with E-state index in [1.807, 2.05) is 0 Å². The molecule has 0 saturated carbocycles. The molecule has 0 fully saturated rings. The van der Waals surface area contributed by atoms with Crippen molar-refractivity contribution in [1.82, 2.24) is 16.0 Å². The average Bonchev–Trinajstić information content (AvgIpc) is 3.43. The summed E-state index contributed by atoms with van der Waals surface area (Å²) < 4.78 is 38.2. The van der Waals surface area contributed by atoms with Crippen LogP contribution in [0.5, 0.6) is 0 Å². The van der Waals surface area contributed by atoms with Crippen molar-refractivity contribution in [2.75, 3.05) is 117 Å². The number of nitrogens with zero attached hydrogens (tertiary/aromatic N) is 1. The zero-order chi connectivity index (χ0) is 34.5. The Morgan fingerprint density at radius 2 is 1.04 bits per heavy atom. The van der Waals surface area contributed by atoms with Gasteiger partial charge in [-0.2, -0.15) is 0 Å². The van der Waals surface area contributed by atoms with Crippen LogP contribution in [0, 0.1) is 0 Å². The summed E-state index contributed by atoms with van der Waals surface area (Å²) >= 11 is 0. The van der Waals surface area contributed by atoms with Crippen molar-refractivity contribution in [3.05, 3.63) is 54.3 Å². The van der Waals surface area contributed by atoms with Crippen molar-refractivity contribution in [3.63, 3.8) is 0 Å². The normalized spacial score (nSPS) is 12.6. The Hall–Kier alpha value is -3.37. The third-order valence-electron chi connectivity index (χ3n) is 6.66. The maximum atomic E-state index is 12.3. The van der Waals surface area contributed by atoms with Gasteiger partial charge in [0.05, 0.1) is 85.9 Å². The molecule has 0 aliphatic carbocycles. The van der Waals surface area contributed by atoms with E-state index in [1.54, 1.807) is 30.3 Å². The monoisotopic (exact) mass is 678 g/mol. The first-order valence-corrected chi connectivity index (χ1v) is 16.7. The lowest BCUT2D eigenvalue weighted by Gasteiger charge is -2.17. The second-order valence-electron chi connectivity index (χ2n) is 10.5. The molecule has 4 amide bonds. The standard InChI is InChI=1S/C34H54N4O10/c1-3-4-5-15-42-19-20-44-17-13-36-34(41)37-14-18-45-22-24-47-26-28-48-27-25-46-23-21-43-16-12-35-33(40)30-7-9-31(10-8-30)38-29(2)6-11-32(38)39/h6-11H,2-5,12-28H2,1H3,(H,35,40)(H2,36,37,41). The first kappa shape index (κ1) is 40.8. The van der Waals surface area contributed by atoms with Crippen LogP contribution >= 0.6 is 0 Å². The van der Waals surface area contributed by atoms with E-state index in [9.17, 15) is 14.4 Å². The fourth-order valence-electron chi connectivity index (χ4n) is 4.15. The lowest BCUT2D eigenvalue weighted by Crippen LogP contribution is -2.39. The smallest absolute Gasteiger partial charge is 0.314 e. The lowest BCUT2D eigenvalue weighted by atomic mass is 10.2. The summed E-state index contributed by atoms with van der Waals surface area (Å²) in [7, 11) is 0. The molecular formula is C34H54N4O10. The van der Waals surface area contributed by atoms with Crippen molar-refractivity contribution in [1.29, 1.82) is 0 Å². The van der Waals surface area contributed by atoms with Crippen LogP contribution in [0.1, 0.15) is 36.5 Å². The van der Waals surface area contributed by atoms with Gasteiger partial charge in [0, 0.05) is 49.3 Å². The van der Waals surface area contributed by atoms with Crippen molar-refractivity contribution in [2.24, 2.45) is 0 Å². The molecule has 0 bridgehead atoms. The number of anilines is 1. The SMILES string of the molecule is C=C1C=CC(=O)N1c1ccc(C(=O)NCCOCCOCCOCCOCCOCCNC(=O)NCCOCCOCCCCC)cc1. The van der Waals surface area contributed by atoms with Crippen LogP contribution in [0.4, 0.5) is 10.5 Å². The van der Waals surface area contributed by atoms with Crippen LogP contribution in [-0.4, -0.2) is 130 Å². The molecule has 270 valence electrons. The molecule has 14 heteroatoms. The van der Waals surface area contributed by atoms with Gasteiger partial charge in [0.2, 0.25) is 0 Å². The Bertz CT molecular complexity index is 1050. The summed E-state index contributed by atoms with van der Waals surface area (Å²) in [5, 5.41) is 8.25. The van der Waals surface area contributed by atoms with Gasteiger partial charge < -0.3 is 49.1 Å². The second-order valence-corrected chi connectivity index (χ2v) is 10.5. The number of unbranched alkanes of at least 4 members (excludes halogenated alkanes) is 2. The maximum absolute atomic E-state index is 12.3. The Labute approximate surface area is 284 Å². The molecule has 2 rings (SSSR count). The number of amides is 4. The van der Waals surface area contributed by atoms with Gasteiger partial charge in [-0.3, -0.25) is 14.5 Å². The van der Waals surface area contributed by atoms with Gasteiger partial charge >= 0.3 is 6.03 Å². The molecule has 0 unspecified atom stereocenters. The number of hydrogen-bond donors (Lipinski definition) is 3. The molecule has 1 heterocycles. The largest absolute Gasteiger partial charge is 0.379 e. The lowest BCUT2D eigenvalue weighted by molar-refractivity contribution is -0.113. The van der Waals surface area contributed by atoms with Crippen LogP contribution in [-0.2, 0) is 38.0 Å². The highest BCUT2D eigenvalue weighted by atomic mass is 16.6. The number of nitrogens with one attached hydrogen (secondary N) is 3. The minimum atomic E-state index is -0.257. The number of urea groups is 1. The van der Waals surface area contributed by atoms with E-state index < -0.39 is 0 Å². The number of rotatable bonds is 30. The minimum Gasteiger partial charge on any atom is -0.379 e. The number of hydrogen-bond acceptors (Lipinski definition) is 10. The van der Waals surface area contributed by atoms with Gasteiger partial charge in [0.1, 0.15) is 0 Å². The highest BCUT2D eigenvalue weighted by Gasteiger charge is 2.20. The fourth-order valence-corrected chi connectivity index (χ4v) is 4.15. The fraction of sp³-hybridized carbons (Fsp3) is 0.618. The highest BCUT2D eigenvalue weighted by molar-refractivity contribution is 6.08. The van der Waals surface area contributed by atoms with E-state index in [1.165, 1.54) is 23.8 Å². The van der Waals surface area contributed by atoms with Gasteiger partial charge in [0.25, 0.3) is 11.8 Å². The van der Waals surface area contributed by atoms with Crippen LogP contribution in [0.3, 0.4) is 0 Å². The predicted octanol–water partition coefficient (Wildman–Crippen LogP) is 2.44. The zero-order valence-corrected chi connectivity index (χ0v) is 28.3. The molecule has 14 nitrogen and oxygen atoms in total. The molecule has 1 aliphatic heterocycles. The first-order chi connectivity index (χ1) is 23.5. The molecule has 1 aromatic rings. The van der Waals surface area contributed by atoms with Crippen LogP contribution in [0.25, 0.3) is 0 Å². The Morgan fingerprint density at radius 1 is 0.604 bits per heavy atom. The molecule has 0 atom stereocenters. The topological polar surface area (TPSA) is 155 Å². The van der Waals surface area contributed by atoms with Crippen molar-refractivity contribution < 1.29 is 47.5 Å². The van der Waals surface area contributed by atoms with Gasteiger partial charge in [-0.1, -0.05) is 26.3 Å². The van der Waals surface area contributed by atoms with Gasteiger partial charge in [-0.25, -0.2) is 4.79 Å². The second kappa shape index (κ2) is 27.6. The molecule has 0 radical (unpaired) electrons. The van der Waals surface area contributed by atoms with Gasteiger partial charge in [0.15, 0.2) is 0 Å². The predicted molar refractivity (Wildman–Crippen MR) is 181 cm³/mol. The summed E-state index contributed by atoms with van der Waals surface area (Å²) in [5.41, 5.74) is 1.74. The number of allylic oxidation sites excluding steroid dienone is 1. The molecule has 0 spiro atoms. The van der Waals surface area contributed by atoms with E-state index >= 15 is 0 Å². The van der Waals surface area contributed by atoms with Crippen molar-refractivity contribution in [2.45, 2.75) is 26.2 Å². The van der Waals surface area contributed by atoms with E-state index in [4.69, 9.17) is 33.2 Å². The Kier molecular flexibility index (Phi) is 23.4. The van der Waals surface area contributed by atoms with E-state index in [0.717, 1.165) is 13.0 Å². The third kappa shape index (κ3) is 19.5. The summed E-state index contributed by atoms with van der Waals surface area (Å²) in [4.78, 5) is 37.4. The minimum absolute atomic E-state index is 0.159. The molecule has 0 aromatic heterocycles. The summed E-state index contributed by atoms with van der Waals surface area (Å²) in [5.74, 6) is -0.380. The quantitative estimate of drug-likeness (QED) is 0.103. The zero-order valence-electron chi connectivity index (χ0n) is 28.3. The number of benzene rings is 1.